The maximum atomic E-state index is 6.04. The standard InChI is InChI=1S/C18H30N2/c1-4-11-20(18-9-7-17(19)8-10-18)13-16-6-5-14(2)15(3)12-16/h5-6,12,17-18H,4,7-11,13,19H2,1-3H3. The van der Waals surface area contributed by atoms with Gasteiger partial charge in [-0.1, -0.05) is 25.1 Å². The van der Waals surface area contributed by atoms with Crippen molar-refractivity contribution in [3.8, 4) is 0 Å². The Labute approximate surface area is 124 Å². The fourth-order valence-corrected chi connectivity index (χ4v) is 3.28. The molecule has 1 fully saturated rings. The molecule has 0 radical (unpaired) electrons. The molecule has 0 heterocycles. The highest BCUT2D eigenvalue weighted by atomic mass is 15.2. The van der Waals surface area contributed by atoms with Crippen molar-refractivity contribution in [2.45, 2.75) is 71.5 Å². The van der Waals surface area contributed by atoms with Gasteiger partial charge in [0.25, 0.3) is 0 Å². The first kappa shape index (κ1) is 15.5. The summed E-state index contributed by atoms with van der Waals surface area (Å²) in [7, 11) is 0. The van der Waals surface area contributed by atoms with Gasteiger partial charge in [-0.3, -0.25) is 4.90 Å². The smallest absolute Gasteiger partial charge is 0.0236 e. The van der Waals surface area contributed by atoms with E-state index in [0.29, 0.717) is 6.04 Å². The van der Waals surface area contributed by atoms with Crippen molar-refractivity contribution in [2.75, 3.05) is 6.54 Å². The molecule has 0 amide bonds. The summed E-state index contributed by atoms with van der Waals surface area (Å²) in [6.45, 7) is 8.97. The minimum absolute atomic E-state index is 0.441. The number of nitrogens with two attached hydrogens (primary N) is 1. The van der Waals surface area contributed by atoms with E-state index in [9.17, 15) is 0 Å². The topological polar surface area (TPSA) is 29.3 Å². The summed E-state index contributed by atoms with van der Waals surface area (Å²) >= 11 is 0. The van der Waals surface area contributed by atoms with Crippen LogP contribution in [0.1, 0.15) is 55.7 Å². The van der Waals surface area contributed by atoms with Gasteiger partial charge in [-0.25, -0.2) is 0 Å². The number of nitrogens with zero attached hydrogens (tertiary/aromatic N) is 1. The van der Waals surface area contributed by atoms with E-state index in [4.69, 9.17) is 5.73 Å². The van der Waals surface area contributed by atoms with Gasteiger partial charge in [0.1, 0.15) is 0 Å². The van der Waals surface area contributed by atoms with Crippen LogP contribution in [0.2, 0.25) is 0 Å². The van der Waals surface area contributed by atoms with Gasteiger partial charge in [0.2, 0.25) is 0 Å². The van der Waals surface area contributed by atoms with Gasteiger partial charge in [-0.2, -0.15) is 0 Å². The van der Waals surface area contributed by atoms with Crippen molar-refractivity contribution in [1.29, 1.82) is 0 Å². The Hall–Kier alpha value is -0.860. The summed E-state index contributed by atoms with van der Waals surface area (Å²) < 4.78 is 0. The zero-order valence-corrected chi connectivity index (χ0v) is 13.4. The van der Waals surface area contributed by atoms with E-state index in [-0.39, 0.29) is 0 Å². The van der Waals surface area contributed by atoms with Crippen LogP contribution in [0, 0.1) is 13.8 Å². The zero-order valence-electron chi connectivity index (χ0n) is 13.4. The fraction of sp³-hybridized carbons (Fsp3) is 0.667. The first-order valence-corrected chi connectivity index (χ1v) is 8.16. The summed E-state index contributed by atoms with van der Waals surface area (Å²) in [4.78, 5) is 2.68. The van der Waals surface area contributed by atoms with Crippen LogP contribution in [0.15, 0.2) is 18.2 Å². The van der Waals surface area contributed by atoms with Crippen molar-refractivity contribution < 1.29 is 0 Å². The third-order valence-corrected chi connectivity index (χ3v) is 4.73. The molecule has 1 aliphatic rings. The molecule has 112 valence electrons. The Morgan fingerprint density at radius 2 is 1.80 bits per heavy atom. The molecule has 2 rings (SSSR count). The normalized spacial score (nSPS) is 23.2. The van der Waals surface area contributed by atoms with Gasteiger partial charge < -0.3 is 5.73 Å². The molecule has 0 aromatic heterocycles. The van der Waals surface area contributed by atoms with Crippen molar-refractivity contribution in [3.63, 3.8) is 0 Å². The highest BCUT2D eigenvalue weighted by molar-refractivity contribution is 5.29. The van der Waals surface area contributed by atoms with Gasteiger partial charge in [0.05, 0.1) is 0 Å². The van der Waals surface area contributed by atoms with Gasteiger partial charge >= 0.3 is 0 Å². The van der Waals surface area contributed by atoms with Crippen LogP contribution in [-0.2, 0) is 6.54 Å². The lowest BCUT2D eigenvalue weighted by Gasteiger charge is -2.36. The van der Waals surface area contributed by atoms with Crippen LogP contribution in [-0.4, -0.2) is 23.5 Å². The van der Waals surface area contributed by atoms with E-state index in [1.54, 1.807) is 0 Å². The Morgan fingerprint density at radius 3 is 2.40 bits per heavy atom. The third kappa shape index (κ3) is 4.07. The maximum Gasteiger partial charge on any atom is 0.0236 e. The van der Waals surface area contributed by atoms with Crippen LogP contribution in [0.5, 0.6) is 0 Å². The number of rotatable bonds is 5. The molecule has 0 bridgehead atoms. The second-order valence-electron chi connectivity index (χ2n) is 6.46. The molecule has 2 N–H and O–H groups in total. The molecule has 0 spiro atoms. The molecular formula is C18H30N2. The van der Waals surface area contributed by atoms with Crippen LogP contribution in [0.4, 0.5) is 0 Å². The molecule has 0 saturated heterocycles. The summed E-state index contributed by atoms with van der Waals surface area (Å²) in [6, 6.07) is 8.07. The molecule has 1 aliphatic carbocycles. The number of benzene rings is 1. The van der Waals surface area contributed by atoms with Gasteiger partial charge in [-0.15, -0.1) is 0 Å². The number of hydrogen-bond acceptors (Lipinski definition) is 2. The fourth-order valence-electron chi connectivity index (χ4n) is 3.28. The molecule has 2 nitrogen and oxygen atoms in total. The Kier molecular flexibility index (Phi) is 5.62. The first-order chi connectivity index (χ1) is 9.60. The van der Waals surface area contributed by atoms with Crippen LogP contribution in [0.25, 0.3) is 0 Å². The van der Waals surface area contributed by atoms with Crippen molar-refractivity contribution >= 4 is 0 Å². The average Bonchev–Trinajstić information content (AvgIpc) is 2.43. The molecule has 2 heteroatoms. The number of aryl methyl sites for hydroxylation is 2. The van der Waals surface area contributed by atoms with Crippen molar-refractivity contribution in [2.24, 2.45) is 5.73 Å². The number of hydrogen-bond donors (Lipinski definition) is 1. The van der Waals surface area contributed by atoms with E-state index in [1.165, 1.54) is 55.3 Å². The van der Waals surface area contributed by atoms with Crippen molar-refractivity contribution in [1.82, 2.24) is 4.90 Å². The summed E-state index contributed by atoms with van der Waals surface area (Å²) in [5.41, 5.74) is 10.3. The first-order valence-electron chi connectivity index (χ1n) is 8.16. The highest BCUT2D eigenvalue weighted by Gasteiger charge is 2.23. The van der Waals surface area contributed by atoms with Crippen LogP contribution < -0.4 is 5.73 Å². The largest absolute Gasteiger partial charge is 0.328 e. The van der Waals surface area contributed by atoms with Crippen LogP contribution in [0.3, 0.4) is 0 Å². The van der Waals surface area contributed by atoms with Gasteiger partial charge in [0.15, 0.2) is 0 Å². The summed E-state index contributed by atoms with van der Waals surface area (Å²) in [5.74, 6) is 0. The summed E-state index contributed by atoms with van der Waals surface area (Å²) in [6.07, 6.45) is 6.15. The SMILES string of the molecule is CCCN(Cc1ccc(C)c(C)c1)C1CCC(N)CC1. The molecule has 0 unspecified atom stereocenters. The van der Waals surface area contributed by atoms with E-state index in [2.05, 4.69) is 43.9 Å². The zero-order chi connectivity index (χ0) is 14.5. The molecule has 20 heavy (non-hydrogen) atoms. The van der Waals surface area contributed by atoms with E-state index >= 15 is 0 Å². The third-order valence-electron chi connectivity index (χ3n) is 4.73. The van der Waals surface area contributed by atoms with E-state index < -0.39 is 0 Å². The summed E-state index contributed by atoms with van der Waals surface area (Å²) in [5, 5.41) is 0. The minimum Gasteiger partial charge on any atom is -0.328 e. The molecule has 0 aliphatic heterocycles. The monoisotopic (exact) mass is 274 g/mol. The molecule has 1 aromatic rings. The lowest BCUT2D eigenvalue weighted by Crippen LogP contribution is -2.40. The average molecular weight is 274 g/mol. The maximum absolute atomic E-state index is 6.04. The lowest BCUT2D eigenvalue weighted by molar-refractivity contribution is 0.142. The second-order valence-corrected chi connectivity index (χ2v) is 6.46. The minimum atomic E-state index is 0.441. The molecule has 0 atom stereocenters. The quantitative estimate of drug-likeness (QED) is 0.885. The molecule has 1 aromatic carbocycles. The predicted molar refractivity (Wildman–Crippen MR) is 86.8 cm³/mol. The second kappa shape index (κ2) is 7.24. The molecular weight excluding hydrogens is 244 g/mol. The lowest BCUT2D eigenvalue weighted by atomic mass is 9.90. The predicted octanol–water partition coefficient (Wildman–Crippen LogP) is 3.79. The highest BCUT2D eigenvalue weighted by Crippen LogP contribution is 2.24. The Bertz CT molecular complexity index is 419. The van der Waals surface area contributed by atoms with Gasteiger partial charge in [0, 0.05) is 18.6 Å². The molecule has 1 saturated carbocycles. The van der Waals surface area contributed by atoms with Crippen molar-refractivity contribution in [3.05, 3.63) is 34.9 Å². The Balaban J connectivity index is 2.02. The van der Waals surface area contributed by atoms with E-state index in [1.807, 2.05) is 0 Å². The van der Waals surface area contributed by atoms with E-state index in [0.717, 1.165) is 12.6 Å². The van der Waals surface area contributed by atoms with Crippen LogP contribution >= 0.6 is 0 Å². The Morgan fingerprint density at radius 1 is 1.10 bits per heavy atom. The van der Waals surface area contributed by atoms with Gasteiger partial charge in [-0.05, 0) is 69.2 Å².